The van der Waals surface area contributed by atoms with Crippen molar-refractivity contribution in [3.8, 4) is 0 Å². The van der Waals surface area contributed by atoms with Gasteiger partial charge in [-0.15, -0.1) is 0 Å². The normalized spacial score (nSPS) is 19.4. The highest BCUT2D eigenvalue weighted by molar-refractivity contribution is 5.96. The summed E-state index contributed by atoms with van der Waals surface area (Å²) in [7, 11) is 0. The SMILES string of the molecule is O=C[C@H](Cc1ccccc1)NC(=O)[C@@H]1CCCN1C(=O)[C@H](CO)NC(=O)[C@H](Cc1ccccc1)NC(=O)CNC(=O)[C@@H]1CCCN1. The fourth-order valence-corrected chi connectivity index (χ4v) is 5.74. The van der Waals surface area contributed by atoms with Gasteiger partial charge in [0.2, 0.25) is 29.5 Å². The lowest BCUT2D eigenvalue weighted by molar-refractivity contribution is -0.143. The number of benzene rings is 2. The van der Waals surface area contributed by atoms with Gasteiger partial charge in [0.1, 0.15) is 24.4 Å². The predicted octanol–water partition coefficient (Wildman–Crippen LogP) is -1.02. The van der Waals surface area contributed by atoms with Crippen LogP contribution >= 0.6 is 0 Å². The second-order valence-electron chi connectivity index (χ2n) is 11.6. The van der Waals surface area contributed by atoms with Crippen LogP contribution in [-0.2, 0) is 41.6 Å². The Kier molecular flexibility index (Phi) is 12.8. The van der Waals surface area contributed by atoms with Crippen LogP contribution in [0.3, 0.4) is 0 Å². The molecule has 0 unspecified atom stereocenters. The van der Waals surface area contributed by atoms with E-state index in [0.717, 1.165) is 24.1 Å². The van der Waals surface area contributed by atoms with Crippen LogP contribution in [0.25, 0.3) is 0 Å². The standard InChI is InChI=1S/C33H42N6O7/c40-20-24(17-22-9-3-1-4-10-22)36-32(45)28-14-8-16-39(28)33(46)27(21-41)38-31(44)26(18-23-11-5-2-6-12-23)37-29(42)19-35-30(43)25-13-7-15-34-25/h1-6,9-12,20,24-28,34,41H,7-8,13-19,21H2,(H,35,43)(H,36,45)(H,37,42)(H,38,44)/t24-,25-,26-,27-,28-/m0/s1. The number of aliphatic hydroxyl groups is 1. The summed E-state index contributed by atoms with van der Waals surface area (Å²) in [6, 6.07) is 13.6. The van der Waals surface area contributed by atoms with Crippen LogP contribution in [0.2, 0.25) is 0 Å². The highest BCUT2D eigenvalue weighted by Gasteiger charge is 2.39. The third-order valence-electron chi connectivity index (χ3n) is 8.16. The average Bonchev–Trinajstić information content (AvgIpc) is 3.80. The molecule has 0 radical (unpaired) electrons. The first-order chi connectivity index (χ1) is 22.3. The molecule has 2 aromatic rings. The Balaban J connectivity index is 1.38. The molecule has 4 rings (SSSR count). The summed E-state index contributed by atoms with van der Waals surface area (Å²) < 4.78 is 0. The highest BCUT2D eigenvalue weighted by Crippen LogP contribution is 2.19. The summed E-state index contributed by atoms with van der Waals surface area (Å²) in [6.07, 6.45) is 3.46. The molecule has 0 aromatic heterocycles. The van der Waals surface area contributed by atoms with Crippen molar-refractivity contribution in [2.45, 2.75) is 68.7 Å². The Bertz CT molecular complexity index is 1350. The molecule has 0 aliphatic carbocycles. The van der Waals surface area contributed by atoms with Crippen molar-refractivity contribution in [1.82, 2.24) is 31.5 Å². The molecule has 2 fully saturated rings. The van der Waals surface area contributed by atoms with Crippen LogP contribution in [0.4, 0.5) is 0 Å². The smallest absolute Gasteiger partial charge is 0.248 e. The van der Waals surface area contributed by atoms with E-state index in [2.05, 4.69) is 26.6 Å². The number of rotatable bonds is 15. The zero-order chi connectivity index (χ0) is 32.9. The van der Waals surface area contributed by atoms with E-state index in [1.54, 1.807) is 24.3 Å². The van der Waals surface area contributed by atoms with Crippen molar-refractivity contribution in [1.29, 1.82) is 0 Å². The third-order valence-corrected chi connectivity index (χ3v) is 8.16. The maximum atomic E-state index is 13.5. The molecule has 2 aliphatic heterocycles. The van der Waals surface area contributed by atoms with Gasteiger partial charge in [-0.2, -0.15) is 0 Å². The second-order valence-corrected chi connectivity index (χ2v) is 11.6. The Morgan fingerprint density at radius 2 is 1.52 bits per heavy atom. The van der Waals surface area contributed by atoms with E-state index >= 15 is 0 Å². The van der Waals surface area contributed by atoms with E-state index < -0.39 is 54.4 Å². The molecule has 2 aromatic carbocycles. The number of carbonyl (C=O) groups is 6. The molecule has 0 saturated carbocycles. The summed E-state index contributed by atoms with van der Waals surface area (Å²) in [5.74, 6) is -2.75. The minimum absolute atomic E-state index is 0.0894. The van der Waals surface area contributed by atoms with Crippen LogP contribution in [0.5, 0.6) is 0 Å². The molecular formula is C33H42N6O7. The van der Waals surface area contributed by atoms with Gasteiger partial charge in [-0.1, -0.05) is 60.7 Å². The number of nitrogens with zero attached hydrogens (tertiary/aromatic N) is 1. The molecule has 246 valence electrons. The maximum absolute atomic E-state index is 13.5. The van der Waals surface area contributed by atoms with Gasteiger partial charge in [-0.3, -0.25) is 24.0 Å². The molecule has 0 bridgehead atoms. The minimum Gasteiger partial charge on any atom is -0.394 e. The minimum atomic E-state index is -1.38. The average molecular weight is 635 g/mol. The molecule has 13 nitrogen and oxygen atoms in total. The van der Waals surface area contributed by atoms with Crippen LogP contribution in [0.15, 0.2) is 60.7 Å². The zero-order valence-corrected chi connectivity index (χ0v) is 25.7. The van der Waals surface area contributed by atoms with E-state index in [0.29, 0.717) is 32.0 Å². The largest absolute Gasteiger partial charge is 0.394 e. The van der Waals surface area contributed by atoms with E-state index in [4.69, 9.17) is 0 Å². The number of aliphatic hydroxyl groups excluding tert-OH is 1. The van der Waals surface area contributed by atoms with E-state index in [-0.39, 0.29) is 31.5 Å². The molecule has 2 saturated heterocycles. The number of nitrogens with one attached hydrogen (secondary N) is 5. The molecular weight excluding hydrogens is 592 g/mol. The first-order valence-electron chi connectivity index (χ1n) is 15.6. The van der Waals surface area contributed by atoms with Crippen molar-refractivity contribution in [2.24, 2.45) is 0 Å². The van der Waals surface area contributed by atoms with Crippen LogP contribution in [0, 0.1) is 0 Å². The molecule has 13 heteroatoms. The Morgan fingerprint density at radius 1 is 0.848 bits per heavy atom. The van der Waals surface area contributed by atoms with Crippen molar-refractivity contribution >= 4 is 35.8 Å². The van der Waals surface area contributed by atoms with Gasteiger partial charge >= 0.3 is 0 Å². The number of likely N-dealkylation sites (tertiary alicyclic amines) is 1. The number of carbonyl (C=O) groups excluding carboxylic acids is 6. The maximum Gasteiger partial charge on any atom is 0.248 e. The molecule has 2 aliphatic rings. The lowest BCUT2D eigenvalue weighted by Gasteiger charge is -2.29. The second kappa shape index (κ2) is 17.2. The summed E-state index contributed by atoms with van der Waals surface area (Å²) in [6.45, 7) is -0.121. The number of amides is 5. The van der Waals surface area contributed by atoms with Crippen molar-refractivity contribution in [3.63, 3.8) is 0 Å². The zero-order valence-electron chi connectivity index (χ0n) is 25.7. The fraction of sp³-hybridized carbons (Fsp3) is 0.455. The predicted molar refractivity (Wildman–Crippen MR) is 168 cm³/mol. The molecule has 5 atom stereocenters. The topological polar surface area (TPSA) is 186 Å². The molecule has 5 amide bonds. The quantitative estimate of drug-likeness (QED) is 0.134. The first-order valence-corrected chi connectivity index (χ1v) is 15.6. The summed E-state index contributed by atoms with van der Waals surface area (Å²) >= 11 is 0. The summed E-state index contributed by atoms with van der Waals surface area (Å²) in [5, 5.41) is 23.7. The molecule has 46 heavy (non-hydrogen) atoms. The van der Waals surface area contributed by atoms with Gasteiger partial charge < -0.3 is 41.4 Å². The number of hydrogen-bond acceptors (Lipinski definition) is 8. The Hall–Kier alpha value is -4.62. The van der Waals surface area contributed by atoms with Crippen molar-refractivity contribution in [3.05, 3.63) is 71.8 Å². The Morgan fingerprint density at radius 3 is 2.13 bits per heavy atom. The van der Waals surface area contributed by atoms with E-state index in [9.17, 15) is 33.9 Å². The highest BCUT2D eigenvalue weighted by atomic mass is 16.3. The van der Waals surface area contributed by atoms with Crippen LogP contribution < -0.4 is 26.6 Å². The van der Waals surface area contributed by atoms with Gasteiger partial charge in [-0.05, 0) is 49.8 Å². The van der Waals surface area contributed by atoms with E-state index in [1.165, 1.54) is 4.90 Å². The third kappa shape index (κ3) is 9.69. The fourth-order valence-electron chi connectivity index (χ4n) is 5.74. The van der Waals surface area contributed by atoms with Gasteiger partial charge in [0.05, 0.1) is 25.2 Å². The van der Waals surface area contributed by atoms with Crippen LogP contribution in [-0.4, -0.2) is 102 Å². The lowest BCUT2D eigenvalue weighted by atomic mass is 10.0. The molecule has 0 spiro atoms. The van der Waals surface area contributed by atoms with Crippen LogP contribution in [0.1, 0.15) is 36.8 Å². The van der Waals surface area contributed by atoms with Gasteiger partial charge in [0.25, 0.3) is 0 Å². The summed E-state index contributed by atoms with van der Waals surface area (Å²) in [5.41, 5.74) is 1.61. The van der Waals surface area contributed by atoms with Gasteiger partial charge in [0.15, 0.2) is 0 Å². The number of hydrogen-bond donors (Lipinski definition) is 6. The first kappa shape index (κ1) is 34.3. The monoisotopic (exact) mass is 634 g/mol. The van der Waals surface area contributed by atoms with Crippen molar-refractivity contribution in [2.75, 3.05) is 26.2 Å². The van der Waals surface area contributed by atoms with Gasteiger partial charge in [-0.25, -0.2) is 0 Å². The van der Waals surface area contributed by atoms with Crippen molar-refractivity contribution < 1.29 is 33.9 Å². The van der Waals surface area contributed by atoms with Gasteiger partial charge in [0, 0.05) is 13.0 Å². The summed E-state index contributed by atoms with van der Waals surface area (Å²) in [4.78, 5) is 78.3. The lowest BCUT2D eigenvalue weighted by Crippen LogP contribution is -2.59. The Labute approximate surface area is 267 Å². The molecule has 6 N–H and O–H groups in total. The molecule has 2 heterocycles. The van der Waals surface area contributed by atoms with E-state index in [1.807, 2.05) is 36.4 Å². The number of aldehydes is 1.